The number of fused-ring (bicyclic) bond motifs is 1. The van der Waals surface area contributed by atoms with Gasteiger partial charge in [-0.15, -0.1) is 0 Å². The summed E-state index contributed by atoms with van der Waals surface area (Å²) >= 11 is 0. The third kappa shape index (κ3) is 1.23. The number of nitrogens with zero attached hydrogens (tertiary/aromatic N) is 1. The molecule has 0 saturated carbocycles. The molecule has 1 aliphatic rings. The Morgan fingerprint density at radius 3 is 3.00 bits per heavy atom. The lowest BCUT2D eigenvalue weighted by molar-refractivity contribution is 0.481. The van der Waals surface area contributed by atoms with Gasteiger partial charge in [-0.1, -0.05) is 31.2 Å². The standard InChI is InChI=1S/C12H13N/c1-12(8-9-13)7-6-10-4-2-3-5-11(10)12/h2-5H,6-8H2,1H3/t12-/m1/s1. The number of nitriles is 1. The molecule has 13 heavy (non-hydrogen) atoms. The zero-order chi connectivity index (χ0) is 9.31. The first-order chi connectivity index (χ1) is 6.26. The molecule has 0 spiro atoms. The Bertz CT molecular complexity index is 362. The van der Waals surface area contributed by atoms with E-state index in [4.69, 9.17) is 5.26 Å². The van der Waals surface area contributed by atoms with Gasteiger partial charge in [-0.05, 0) is 24.0 Å². The van der Waals surface area contributed by atoms with Crippen LogP contribution in [0.2, 0.25) is 0 Å². The summed E-state index contributed by atoms with van der Waals surface area (Å²) in [5, 5.41) is 8.77. The smallest absolute Gasteiger partial charge is 0.0631 e. The van der Waals surface area contributed by atoms with Crippen molar-refractivity contribution in [3.8, 4) is 6.07 Å². The Labute approximate surface area is 79.0 Å². The molecule has 2 rings (SSSR count). The van der Waals surface area contributed by atoms with Crippen molar-refractivity contribution >= 4 is 0 Å². The van der Waals surface area contributed by atoms with Crippen LogP contribution in [-0.2, 0) is 11.8 Å². The number of hydrogen-bond acceptors (Lipinski definition) is 1. The first-order valence-corrected chi connectivity index (χ1v) is 4.72. The zero-order valence-electron chi connectivity index (χ0n) is 7.88. The van der Waals surface area contributed by atoms with Gasteiger partial charge in [0, 0.05) is 11.8 Å². The maximum Gasteiger partial charge on any atom is 0.0631 e. The van der Waals surface area contributed by atoms with Crippen molar-refractivity contribution in [1.82, 2.24) is 0 Å². The fourth-order valence-corrected chi connectivity index (χ4v) is 2.23. The van der Waals surface area contributed by atoms with Gasteiger partial charge in [0.2, 0.25) is 0 Å². The van der Waals surface area contributed by atoms with Crippen molar-refractivity contribution in [2.75, 3.05) is 0 Å². The third-order valence-electron chi connectivity index (χ3n) is 3.08. The van der Waals surface area contributed by atoms with Gasteiger partial charge in [0.1, 0.15) is 0 Å². The summed E-state index contributed by atoms with van der Waals surface area (Å²) in [5.74, 6) is 0. The van der Waals surface area contributed by atoms with Gasteiger partial charge in [-0.3, -0.25) is 0 Å². The monoisotopic (exact) mass is 171 g/mol. The van der Waals surface area contributed by atoms with Crippen LogP contribution < -0.4 is 0 Å². The van der Waals surface area contributed by atoms with Crippen molar-refractivity contribution in [1.29, 1.82) is 5.26 Å². The van der Waals surface area contributed by atoms with Crippen LogP contribution in [0.15, 0.2) is 24.3 Å². The van der Waals surface area contributed by atoms with Crippen LogP contribution >= 0.6 is 0 Å². The van der Waals surface area contributed by atoms with Crippen LogP contribution in [0.5, 0.6) is 0 Å². The van der Waals surface area contributed by atoms with Gasteiger partial charge in [0.15, 0.2) is 0 Å². The van der Waals surface area contributed by atoms with Crippen LogP contribution in [0.1, 0.15) is 30.9 Å². The molecule has 1 aliphatic carbocycles. The number of rotatable bonds is 1. The molecule has 0 radical (unpaired) electrons. The van der Waals surface area contributed by atoms with Gasteiger partial charge in [-0.2, -0.15) is 5.26 Å². The molecule has 66 valence electrons. The summed E-state index contributed by atoms with van der Waals surface area (Å²) in [5.41, 5.74) is 2.93. The Morgan fingerprint density at radius 2 is 2.23 bits per heavy atom. The summed E-state index contributed by atoms with van der Waals surface area (Å²) in [6, 6.07) is 10.8. The van der Waals surface area contributed by atoms with Crippen molar-refractivity contribution in [2.45, 2.75) is 31.6 Å². The lowest BCUT2D eigenvalue weighted by Gasteiger charge is -2.21. The van der Waals surface area contributed by atoms with Gasteiger partial charge in [0.05, 0.1) is 6.07 Å². The largest absolute Gasteiger partial charge is 0.198 e. The van der Waals surface area contributed by atoms with Gasteiger partial charge >= 0.3 is 0 Å². The van der Waals surface area contributed by atoms with E-state index in [1.807, 2.05) is 0 Å². The Morgan fingerprint density at radius 1 is 1.46 bits per heavy atom. The molecule has 1 atom stereocenters. The van der Waals surface area contributed by atoms with E-state index in [1.165, 1.54) is 11.1 Å². The van der Waals surface area contributed by atoms with Crippen molar-refractivity contribution < 1.29 is 0 Å². The number of hydrogen-bond donors (Lipinski definition) is 0. The van der Waals surface area contributed by atoms with E-state index in [9.17, 15) is 0 Å². The lowest BCUT2D eigenvalue weighted by Crippen LogP contribution is -2.16. The predicted molar refractivity (Wildman–Crippen MR) is 52.3 cm³/mol. The van der Waals surface area contributed by atoms with Crippen LogP contribution in [0.4, 0.5) is 0 Å². The minimum Gasteiger partial charge on any atom is -0.198 e. The summed E-state index contributed by atoms with van der Waals surface area (Å²) < 4.78 is 0. The highest BCUT2D eigenvalue weighted by Crippen LogP contribution is 2.40. The summed E-state index contributed by atoms with van der Waals surface area (Å²) in [7, 11) is 0. The fraction of sp³-hybridized carbons (Fsp3) is 0.417. The van der Waals surface area contributed by atoms with Gasteiger partial charge in [-0.25, -0.2) is 0 Å². The normalized spacial score (nSPS) is 25.2. The molecule has 1 aromatic rings. The van der Waals surface area contributed by atoms with E-state index in [-0.39, 0.29) is 5.41 Å². The van der Waals surface area contributed by atoms with Crippen LogP contribution in [0.3, 0.4) is 0 Å². The highest BCUT2D eigenvalue weighted by molar-refractivity contribution is 5.39. The molecule has 0 fully saturated rings. The molecule has 0 saturated heterocycles. The van der Waals surface area contributed by atoms with E-state index in [0.29, 0.717) is 6.42 Å². The Balaban J connectivity index is 2.44. The van der Waals surface area contributed by atoms with Crippen molar-refractivity contribution in [3.63, 3.8) is 0 Å². The summed E-state index contributed by atoms with van der Waals surface area (Å²) in [4.78, 5) is 0. The van der Waals surface area contributed by atoms with Crippen LogP contribution in [0, 0.1) is 11.3 Å². The van der Waals surface area contributed by atoms with E-state index in [0.717, 1.165) is 12.8 Å². The lowest BCUT2D eigenvalue weighted by atomic mass is 9.81. The van der Waals surface area contributed by atoms with E-state index in [1.54, 1.807) is 0 Å². The minimum atomic E-state index is 0.116. The van der Waals surface area contributed by atoms with Gasteiger partial charge < -0.3 is 0 Å². The Kier molecular flexibility index (Phi) is 1.84. The molecular weight excluding hydrogens is 158 g/mol. The fourth-order valence-electron chi connectivity index (χ4n) is 2.23. The average Bonchev–Trinajstić information content (AvgIpc) is 2.46. The van der Waals surface area contributed by atoms with Crippen molar-refractivity contribution in [2.24, 2.45) is 0 Å². The van der Waals surface area contributed by atoms with E-state index in [2.05, 4.69) is 37.3 Å². The minimum absolute atomic E-state index is 0.116. The third-order valence-corrected chi connectivity index (χ3v) is 3.08. The SMILES string of the molecule is C[C@]1(CC#N)CCc2ccccc21. The van der Waals surface area contributed by atoms with Crippen LogP contribution in [-0.4, -0.2) is 0 Å². The topological polar surface area (TPSA) is 23.8 Å². The first kappa shape index (κ1) is 8.31. The quantitative estimate of drug-likeness (QED) is 0.637. The second-order valence-electron chi connectivity index (χ2n) is 4.05. The van der Waals surface area contributed by atoms with E-state index >= 15 is 0 Å². The molecular formula is C12H13N. The molecule has 1 nitrogen and oxygen atoms in total. The molecule has 0 aliphatic heterocycles. The number of aryl methyl sites for hydroxylation is 1. The van der Waals surface area contributed by atoms with E-state index < -0.39 is 0 Å². The molecule has 0 bridgehead atoms. The number of benzene rings is 1. The highest BCUT2D eigenvalue weighted by atomic mass is 14.4. The predicted octanol–water partition coefficient (Wildman–Crippen LogP) is 2.80. The second-order valence-corrected chi connectivity index (χ2v) is 4.05. The summed E-state index contributed by atoms with van der Waals surface area (Å²) in [6.45, 7) is 2.20. The maximum atomic E-state index is 8.77. The zero-order valence-corrected chi connectivity index (χ0v) is 7.88. The first-order valence-electron chi connectivity index (χ1n) is 4.72. The molecule has 1 aromatic carbocycles. The second kappa shape index (κ2) is 2.88. The maximum absolute atomic E-state index is 8.77. The summed E-state index contributed by atoms with van der Waals surface area (Å²) in [6.07, 6.45) is 2.90. The highest BCUT2D eigenvalue weighted by Gasteiger charge is 2.33. The molecule has 0 unspecified atom stereocenters. The van der Waals surface area contributed by atoms with Crippen LogP contribution in [0.25, 0.3) is 0 Å². The van der Waals surface area contributed by atoms with Crippen molar-refractivity contribution in [3.05, 3.63) is 35.4 Å². The van der Waals surface area contributed by atoms with Gasteiger partial charge in [0.25, 0.3) is 0 Å². The average molecular weight is 171 g/mol. The molecule has 0 heterocycles. The molecule has 0 N–H and O–H groups in total. The Hall–Kier alpha value is -1.29. The molecule has 0 aromatic heterocycles. The molecule has 0 amide bonds. The molecule has 1 heteroatoms.